The maximum Gasteiger partial charge on any atom is 0.350 e. The molecule has 5 rings (SSSR count). The van der Waals surface area contributed by atoms with E-state index in [0.29, 0.717) is 29.7 Å². The molecule has 3 aromatic carbocycles. The summed E-state index contributed by atoms with van der Waals surface area (Å²) in [6, 6.07) is 25.3. The van der Waals surface area contributed by atoms with E-state index in [1.165, 1.54) is 7.11 Å². The number of carbonyl (C=O) groups excluding carboxylic acids is 2. The van der Waals surface area contributed by atoms with Crippen molar-refractivity contribution >= 4 is 23.1 Å². The van der Waals surface area contributed by atoms with Gasteiger partial charge in [0, 0.05) is 17.9 Å². The quantitative estimate of drug-likeness (QED) is 0.225. The maximum absolute atomic E-state index is 14.5. The average molecular weight is 592 g/mol. The second-order valence-corrected chi connectivity index (χ2v) is 11.4. The molecule has 0 aromatic heterocycles. The number of methoxy groups -OCH3 is 1. The zero-order chi connectivity index (χ0) is 31.3. The molecule has 0 spiro atoms. The van der Waals surface area contributed by atoms with Gasteiger partial charge in [0.2, 0.25) is 5.60 Å². The first-order valence-corrected chi connectivity index (χ1v) is 15.7. The van der Waals surface area contributed by atoms with Crippen LogP contribution in [0.15, 0.2) is 78.5 Å². The zero-order valence-corrected chi connectivity index (χ0v) is 26.1. The molecule has 1 amide bonds. The second-order valence-electron chi connectivity index (χ2n) is 11.4. The Bertz CT molecular complexity index is 1560. The Morgan fingerprint density at radius 3 is 2.20 bits per heavy atom. The SMILES string of the molecule is CCCC1=C(c2ccc(-c3ccccc3C#N)cc2)C(=O)N(c2ccc(OC3(C(=O)OC)CCCC3)cc2)C(CC)N1CC. The molecule has 1 fully saturated rings. The highest BCUT2D eigenvalue weighted by molar-refractivity contribution is 6.28. The summed E-state index contributed by atoms with van der Waals surface area (Å²) in [6.45, 7) is 7.15. The third kappa shape index (κ3) is 5.69. The molecule has 7 nitrogen and oxygen atoms in total. The van der Waals surface area contributed by atoms with Gasteiger partial charge in [-0.3, -0.25) is 9.69 Å². The van der Waals surface area contributed by atoms with Gasteiger partial charge in [0.15, 0.2) is 0 Å². The highest BCUT2D eigenvalue weighted by Crippen LogP contribution is 2.40. The van der Waals surface area contributed by atoms with Gasteiger partial charge in [0.25, 0.3) is 5.91 Å². The van der Waals surface area contributed by atoms with Crippen LogP contribution in [0.3, 0.4) is 0 Å². The van der Waals surface area contributed by atoms with Crippen LogP contribution in [0.25, 0.3) is 16.7 Å². The summed E-state index contributed by atoms with van der Waals surface area (Å²) in [4.78, 5) is 31.4. The first-order valence-electron chi connectivity index (χ1n) is 15.7. The summed E-state index contributed by atoms with van der Waals surface area (Å²) in [7, 11) is 1.40. The molecular formula is C37H41N3O4. The number of rotatable bonds is 10. The zero-order valence-electron chi connectivity index (χ0n) is 26.1. The lowest BCUT2D eigenvalue weighted by Crippen LogP contribution is -2.55. The summed E-state index contributed by atoms with van der Waals surface area (Å²) >= 11 is 0. The number of nitriles is 1. The molecule has 0 radical (unpaired) electrons. The van der Waals surface area contributed by atoms with Crippen LogP contribution in [0.2, 0.25) is 0 Å². The van der Waals surface area contributed by atoms with E-state index in [-0.39, 0.29) is 18.0 Å². The van der Waals surface area contributed by atoms with Crippen molar-refractivity contribution in [3.05, 3.63) is 89.6 Å². The molecule has 1 atom stereocenters. The van der Waals surface area contributed by atoms with Gasteiger partial charge < -0.3 is 14.4 Å². The number of hydrogen-bond acceptors (Lipinski definition) is 6. The fourth-order valence-corrected chi connectivity index (χ4v) is 6.76. The monoisotopic (exact) mass is 591 g/mol. The predicted molar refractivity (Wildman–Crippen MR) is 173 cm³/mol. The molecule has 1 aliphatic carbocycles. The van der Waals surface area contributed by atoms with Crippen molar-refractivity contribution < 1.29 is 19.1 Å². The van der Waals surface area contributed by atoms with Gasteiger partial charge in [-0.2, -0.15) is 5.26 Å². The lowest BCUT2D eigenvalue weighted by atomic mass is 9.92. The number of allylic oxidation sites excluding steroid dienone is 1. The summed E-state index contributed by atoms with van der Waals surface area (Å²) < 4.78 is 11.3. The molecule has 7 heteroatoms. The Morgan fingerprint density at radius 1 is 0.955 bits per heavy atom. The number of hydrogen-bond donors (Lipinski definition) is 0. The average Bonchev–Trinajstić information content (AvgIpc) is 3.54. The molecule has 0 saturated heterocycles. The molecule has 1 heterocycles. The van der Waals surface area contributed by atoms with Gasteiger partial charge in [-0.1, -0.05) is 62.7 Å². The Balaban J connectivity index is 1.52. The van der Waals surface area contributed by atoms with Crippen molar-refractivity contribution in [2.24, 2.45) is 0 Å². The first-order chi connectivity index (χ1) is 21.4. The van der Waals surface area contributed by atoms with Crippen molar-refractivity contribution in [1.29, 1.82) is 5.26 Å². The summed E-state index contributed by atoms with van der Waals surface area (Å²) in [5.74, 6) is 0.211. The van der Waals surface area contributed by atoms with Crippen LogP contribution in [0, 0.1) is 11.3 Å². The second kappa shape index (κ2) is 13.4. The van der Waals surface area contributed by atoms with E-state index in [4.69, 9.17) is 9.47 Å². The van der Waals surface area contributed by atoms with Crippen molar-refractivity contribution in [2.75, 3.05) is 18.6 Å². The van der Waals surface area contributed by atoms with Crippen LogP contribution in [0.5, 0.6) is 5.75 Å². The molecular weight excluding hydrogens is 550 g/mol. The number of amides is 1. The van der Waals surface area contributed by atoms with Gasteiger partial charge in [-0.25, -0.2) is 4.79 Å². The molecule has 44 heavy (non-hydrogen) atoms. The third-order valence-electron chi connectivity index (χ3n) is 8.85. The Labute approximate surface area is 260 Å². The van der Waals surface area contributed by atoms with Gasteiger partial charge in [0.05, 0.1) is 24.3 Å². The molecule has 0 bridgehead atoms. The van der Waals surface area contributed by atoms with E-state index in [2.05, 4.69) is 31.7 Å². The van der Waals surface area contributed by atoms with E-state index < -0.39 is 5.60 Å². The third-order valence-corrected chi connectivity index (χ3v) is 8.85. The van der Waals surface area contributed by atoms with Crippen LogP contribution in [-0.4, -0.2) is 42.2 Å². The van der Waals surface area contributed by atoms with Crippen molar-refractivity contribution in [3.63, 3.8) is 0 Å². The number of carbonyl (C=O) groups is 2. The van der Waals surface area contributed by atoms with E-state index in [9.17, 15) is 14.9 Å². The molecule has 1 saturated carbocycles. The summed E-state index contributed by atoms with van der Waals surface area (Å²) in [5, 5.41) is 9.60. The minimum absolute atomic E-state index is 0.0364. The Morgan fingerprint density at radius 2 is 1.61 bits per heavy atom. The van der Waals surface area contributed by atoms with Gasteiger partial charge in [-0.05, 0) is 92.5 Å². The molecule has 1 unspecified atom stereocenters. The van der Waals surface area contributed by atoms with E-state index in [1.54, 1.807) is 0 Å². The molecule has 2 aliphatic rings. The number of benzene rings is 3. The lowest BCUT2D eigenvalue weighted by Gasteiger charge is -2.46. The van der Waals surface area contributed by atoms with E-state index >= 15 is 0 Å². The van der Waals surface area contributed by atoms with Crippen LogP contribution in [-0.2, 0) is 14.3 Å². The number of esters is 1. The van der Waals surface area contributed by atoms with Gasteiger partial charge in [-0.15, -0.1) is 0 Å². The van der Waals surface area contributed by atoms with Crippen molar-refractivity contribution in [3.8, 4) is 22.9 Å². The largest absolute Gasteiger partial charge is 0.476 e. The smallest absolute Gasteiger partial charge is 0.350 e. The van der Waals surface area contributed by atoms with Crippen LogP contribution in [0.4, 0.5) is 5.69 Å². The minimum atomic E-state index is -0.951. The van der Waals surface area contributed by atoms with Crippen LogP contribution >= 0.6 is 0 Å². The van der Waals surface area contributed by atoms with Crippen LogP contribution in [0.1, 0.15) is 76.8 Å². The van der Waals surface area contributed by atoms with E-state index in [1.807, 2.05) is 77.7 Å². The fraction of sp³-hybridized carbons (Fsp3) is 0.378. The highest BCUT2D eigenvalue weighted by Gasteiger charge is 2.45. The summed E-state index contributed by atoms with van der Waals surface area (Å²) in [6.07, 6.45) is 5.43. The molecule has 1 aliphatic heterocycles. The topological polar surface area (TPSA) is 82.9 Å². The predicted octanol–water partition coefficient (Wildman–Crippen LogP) is 7.71. The number of ether oxygens (including phenoxy) is 2. The molecule has 3 aromatic rings. The molecule has 0 N–H and O–H groups in total. The minimum Gasteiger partial charge on any atom is -0.476 e. The Hall–Kier alpha value is -4.57. The van der Waals surface area contributed by atoms with Crippen molar-refractivity contribution in [2.45, 2.75) is 77.5 Å². The lowest BCUT2D eigenvalue weighted by molar-refractivity contribution is -0.158. The number of nitrogens with zero attached hydrogens (tertiary/aromatic N) is 3. The van der Waals surface area contributed by atoms with Crippen molar-refractivity contribution in [1.82, 2.24) is 4.90 Å². The molecule has 228 valence electrons. The summed E-state index contributed by atoms with van der Waals surface area (Å²) in [5.41, 5.74) is 4.87. The van der Waals surface area contributed by atoms with E-state index in [0.717, 1.165) is 66.7 Å². The first kappa shape index (κ1) is 30.9. The highest BCUT2D eigenvalue weighted by atomic mass is 16.6. The normalized spacial score (nSPS) is 17.9. The number of anilines is 1. The maximum atomic E-state index is 14.5. The standard InChI is InChI=1S/C37H41N3O4/c1-5-12-32-34(27-17-15-26(16-18-27)31-14-9-8-13-28(31)25-38)35(41)40(33(6-2)39(32)7-3)29-19-21-30(22-20-29)44-37(36(42)43-4)23-10-11-24-37/h8-9,13-22,33H,5-7,10-12,23-24H2,1-4H3. The fourth-order valence-electron chi connectivity index (χ4n) is 6.76. The van der Waals surface area contributed by atoms with Gasteiger partial charge >= 0.3 is 5.97 Å². The van der Waals surface area contributed by atoms with Gasteiger partial charge in [0.1, 0.15) is 11.9 Å². The Kier molecular flexibility index (Phi) is 9.39. The van der Waals surface area contributed by atoms with Crippen LogP contribution < -0.4 is 9.64 Å².